The van der Waals surface area contributed by atoms with Crippen LogP contribution in [-0.2, 0) is 21.1 Å². The van der Waals surface area contributed by atoms with E-state index in [4.69, 9.17) is 15.2 Å². The van der Waals surface area contributed by atoms with Gasteiger partial charge in [-0.3, -0.25) is 4.57 Å². The number of nitrogens with zero attached hydrogens (tertiary/aromatic N) is 7. The molecule has 0 bridgehead atoms. The summed E-state index contributed by atoms with van der Waals surface area (Å²) in [5.74, 6) is 1.45. The van der Waals surface area contributed by atoms with Crippen LogP contribution in [0.15, 0.2) is 128 Å². The van der Waals surface area contributed by atoms with Gasteiger partial charge in [-0.15, -0.1) is 21.0 Å². The molecule has 0 spiro atoms. The first-order valence-electron chi connectivity index (χ1n) is 17.1. The van der Waals surface area contributed by atoms with E-state index in [1.165, 1.54) is 0 Å². The van der Waals surface area contributed by atoms with Gasteiger partial charge in [0.15, 0.2) is 12.4 Å². The zero-order valence-corrected chi connectivity index (χ0v) is 30.9. The van der Waals surface area contributed by atoms with Gasteiger partial charge in [0.25, 0.3) is 0 Å². The van der Waals surface area contributed by atoms with E-state index in [0.29, 0.717) is 0 Å². The van der Waals surface area contributed by atoms with Crippen molar-refractivity contribution in [2.75, 3.05) is 0 Å². The Morgan fingerprint density at radius 1 is 0.596 bits per heavy atom. The fourth-order valence-electron chi connectivity index (χ4n) is 7.89. The first-order valence-corrected chi connectivity index (χ1v) is 17.1. The van der Waals surface area contributed by atoms with Gasteiger partial charge in [0, 0.05) is 10.9 Å². The van der Waals surface area contributed by atoms with Gasteiger partial charge in [0.05, 0.1) is 5.69 Å². The van der Waals surface area contributed by atoms with Crippen LogP contribution in [0.2, 0.25) is 0 Å². The number of pyridine rings is 1. The van der Waals surface area contributed by atoms with Crippen LogP contribution in [0.1, 0.15) is 17.0 Å². The van der Waals surface area contributed by atoms with Crippen LogP contribution in [0.4, 0.5) is 0 Å². The molecule has 10 rings (SSSR count). The molecule has 6 aromatic carbocycles. The molecule has 0 fully saturated rings. The standard InChI is InChI=1S/C43H30BN7.Pt/c1-27-12-11-13-28(2)41(27)49-26-45-47-43(49)50-38-19-10-9-17-34(38)36-23-21-31(24-39(36)50)44(30-14-5-4-6-15-30)32-20-22-35-33-16-7-8-18-37(33)42-46-29(3)48-51(42)40(35)25-32;/h4-23,26H,1-3H3;/q-2;+2. The summed E-state index contributed by atoms with van der Waals surface area (Å²) in [6.45, 7) is 6.04. The molecule has 4 aromatic heterocycles. The van der Waals surface area contributed by atoms with Gasteiger partial charge in [0.2, 0.25) is 5.95 Å². The summed E-state index contributed by atoms with van der Waals surface area (Å²) < 4.78 is 6.25. The fourth-order valence-corrected chi connectivity index (χ4v) is 7.89. The van der Waals surface area contributed by atoms with E-state index in [-0.39, 0.29) is 27.8 Å². The maximum absolute atomic E-state index is 4.84. The minimum Gasteiger partial charge on any atom is -0.303 e. The van der Waals surface area contributed by atoms with Gasteiger partial charge >= 0.3 is 21.1 Å². The predicted molar refractivity (Wildman–Crippen MR) is 207 cm³/mol. The van der Waals surface area contributed by atoms with E-state index in [1.54, 1.807) is 0 Å². The summed E-state index contributed by atoms with van der Waals surface area (Å²) in [6, 6.07) is 50.4. The van der Waals surface area contributed by atoms with Crippen molar-refractivity contribution in [1.29, 1.82) is 0 Å². The Morgan fingerprint density at radius 3 is 1.98 bits per heavy atom. The Labute approximate surface area is 314 Å². The second-order valence-corrected chi connectivity index (χ2v) is 13.2. The molecule has 4 heterocycles. The maximum atomic E-state index is 4.84. The molecule has 0 amide bonds. The van der Waals surface area contributed by atoms with E-state index in [0.717, 1.165) is 94.1 Å². The number of hydrogen-bond donors (Lipinski definition) is 0. The molecular weight excluding hydrogens is 820 g/mol. The van der Waals surface area contributed by atoms with Crippen LogP contribution in [0, 0.1) is 32.9 Å². The van der Waals surface area contributed by atoms with Crippen molar-refractivity contribution < 1.29 is 21.1 Å². The second kappa shape index (κ2) is 12.4. The molecule has 0 aliphatic heterocycles. The number of benzene rings is 6. The molecule has 10 aromatic rings. The van der Waals surface area contributed by atoms with Crippen LogP contribution in [0.5, 0.6) is 0 Å². The third-order valence-corrected chi connectivity index (χ3v) is 10.1. The van der Waals surface area contributed by atoms with Crippen molar-refractivity contribution in [2.24, 2.45) is 0 Å². The van der Waals surface area contributed by atoms with Crippen LogP contribution < -0.4 is 16.4 Å². The fraction of sp³-hybridized carbons (Fsp3) is 0.0698. The van der Waals surface area contributed by atoms with E-state index < -0.39 is 0 Å². The average molecular weight is 851 g/mol. The van der Waals surface area contributed by atoms with E-state index in [9.17, 15) is 0 Å². The van der Waals surface area contributed by atoms with Gasteiger partial charge in [-0.05, 0) is 48.9 Å². The second-order valence-electron chi connectivity index (χ2n) is 13.2. The van der Waals surface area contributed by atoms with Crippen molar-refractivity contribution in [2.45, 2.75) is 20.8 Å². The molecule has 0 atom stereocenters. The number of hydrogen-bond acceptors (Lipinski definition) is 4. The molecule has 0 radical (unpaired) electrons. The molecule has 0 aliphatic rings. The largest absolute Gasteiger partial charge is 2.00 e. The Bertz CT molecular complexity index is 2960. The molecule has 0 saturated carbocycles. The van der Waals surface area contributed by atoms with Crippen LogP contribution in [0.3, 0.4) is 0 Å². The molecule has 250 valence electrons. The molecule has 0 unspecified atom stereocenters. The number of aromatic nitrogens is 7. The predicted octanol–water partition coefficient (Wildman–Crippen LogP) is 6.75. The Balaban J connectivity index is 0.00000360. The quantitative estimate of drug-likeness (QED) is 0.109. The smallest absolute Gasteiger partial charge is 0.303 e. The summed E-state index contributed by atoms with van der Waals surface area (Å²) in [5, 5.41) is 19.5. The van der Waals surface area contributed by atoms with Crippen molar-refractivity contribution in [3.63, 3.8) is 0 Å². The first kappa shape index (κ1) is 32.1. The maximum Gasteiger partial charge on any atom is 2.00 e. The van der Waals surface area contributed by atoms with E-state index in [2.05, 4.69) is 162 Å². The van der Waals surface area contributed by atoms with Gasteiger partial charge in [-0.1, -0.05) is 107 Å². The Kier molecular flexibility index (Phi) is 7.67. The zero-order chi connectivity index (χ0) is 34.2. The molecule has 52 heavy (non-hydrogen) atoms. The average Bonchev–Trinajstić information content (AvgIpc) is 3.87. The molecule has 7 nitrogen and oxygen atoms in total. The van der Waals surface area contributed by atoms with Gasteiger partial charge in [-0.2, -0.15) is 52.4 Å². The minimum absolute atomic E-state index is 0. The molecular formula is C43H30BN7Pt. The number of para-hydroxylation sites is 2. The molecule has 0 aliphatic carbocycles. The molecule has 0 N–H and O–H groups in total. The van der Waals surface area contributed by atoms with Crippen molar-refractivity contribution in [1.82, 2.24) is 33.9 Å². The van der Waals surface area contributed by atoms with Crippen molar-refractivity contribution in [3.05, 3.63) is 157 Å². The SMILES string of the molecule is Cc1nc2c3ccccc3c3ccc(B(c4[c-]c5c(cc4)c4ccccc4n5-c4nncn4-c4c(C)cccc4C)c4ccccc4)[c-]c3n2n1.[Pt+2]. The topological polar surface area (TPSA) is 65.8 Å². The van der Waals surface area contributed by atoms with Crippen molar-refractivity contribution >= 4 is 72.2 Å². The van der Waals surface area contributed by atoms with Gasteiger partial charge in [0.1, 0.15) is 12.2 Å². The van der Waals surface area contributed by atoms with Crippen LogP contribution in [0.25, 0.3) is 60.8 Å². The number of rotatable bonds is 5. The minimum atomic E-state index is -0.158. The van der Waals surface area contributed by atoms with E-state index in [1.807, 2.05) is 17.8 Å². The number of fused-ring (bicyclic) bond motifs is 9. The van der Waals surface area contributed by atoms with Gasteiger partial charge in [-0.25, -0.2) is 9.50 Å². The van der Waals surface area contributed by atoms with Crippen LogP contribution in [-0.4, -0.2) is 40.6 Å². The summed E-state index contributed by atoms with van der Waals surface area (Å²) in [5.41, 5.74) is 10.3. The first-order chi connectivity index (χ1) is 25.0. The normalized spacial score (nSPS) is 11.6. The number of aryl methyl sites for hydroxylation is 3. The van der Waals surface area contributed by atoms with E-state index >= 15 is 0 Å². The third-order valence-electron chi connectivity index (χ3n) is 10.1. The van der Waals surface area contributed by atoms with Crippen molar-refractivity contribution in [3.8, 4) is 11.6 Å². The summed E-state index contributed by atoms with van der Waals surface area (Å²) >= 11 is 0. The Morgan fingerprint density at radius 2 is 1.23 bits per heavy atom. The van der Waals surface area contributed by atoms with Gasteiger partial charge < -0.3 is 4.57 Å². The molecule has 9 heteroatoms. The molecule has 0 saturated heterocycles. The zero-order valence-electron chi connectivity index (χ0n) is 28.6. The van der Waals surface area contributed by atoms with Crippen LogP contribution >= 0.6 is 0 Å². The Hall–Kier alpha value is -5.85. The summed E-state index contributed by atoms with van der Waals surface area (Å²) in [7, 11) is 0. The summed E-state index contributed by atoms with van der Waals surface area (Å²) in [4.78, 5) is 4.82. The summed E-state index contributed by atoms with van der Waals surface area (Å²) in [6.07, 6.45) is 1.81. The third kappa shape index (κ3) is 4.85. The monoisotopic (exact) mass is 850 g/mol.